The second-order valence-electron chi connectivity index (χ2n) is 7.36. The third-order valence-electron chi connectivity index (χ3n) is 5.41. The van der Waals surface area contributed by atoms with Gasteiger partial charge in [-0.25, -0.2) is 4.79 Å². The molecular weight excluding hydrogens is 378 g/mol. The van der Waals surface area contributed by atoms with Crippen molar-refractivity contribution in [2.75, 3.05) is 50.1 Å². The number of anilines is 2. The number of rotatable bonds is 6. The molecule has 2 aromatic rings. The van der Waals surface area contributed by atoms with Crippen molar-refractivity contribution in [1.82, 2.24) is 4.90 Å². The number of aryl methyl sites for hydroxylation is 1. The van der Waals surface area contributed by atoms with E-state index in [2.05, 4.69) is 38.9 Å². The summed E-state index contributed by atoms with van der Waals surface area (Å²) in [6.45, 7) is 9.52. The first-order valence-corrected chi connectivity index (χ1v) is 10.3. The summed E-state index contributed by atoms with van der Waals surface area (Å²) in [5.41, 5.74) is 4.35. The molecule has 1 fully saturated rings. The number of nitrogens with one attached hydrogen (secondary N) is 1. The zero-order chi connectivity index (χ0) is 21.5. The molecule has 1 aliphatic rings. The van der Waals surface area contributed by atoms with Gasteiger partial charge in [-0.15, -0.1) is 0 Å². The van der Waals surface area contributed by atoms with E-state index in [4.69, 9.17) is 0 Å². The van der Waals surface area contributed by atoms with Crippen LogP contribution in [0, 0.1) is 6.92 Å². The SMILES string of the molecule is CCN1CCN(c2ccc(NC(=O)/C=C/c3ccc(C(=O)OC)cc3)c(C)c2)CC1. The predicted octanol–water partition coefficient (Wildman–Crippen LogP) is 3.58. The highest BCUT2D eigenvalue weighted by Gasteiger charge is 2.16. The molecule has 0 saturated carbocycles. The maximum absolute atomic E-state index is 12.3. The lowest BCUT2D eigenvalue weighted by atomic mass is 10.1. The van der Waals surface area contributed by atoms with Crippen LogP contribution in [0.25, 0.3) is 6.08 Å². The molecule has 158 valence electrons. The molecule has 30 heavy (non-hydrogen) atoms. The zero-order valence-corrected chi connectivity index (χ0v) is 17.9. The molecule has 0 bridgehead atoms. The zero-order valence-electron chi connectivity index (χ0n) is 17.9. The quantitative estimate of drug-likeness (QED) is 0.586. The summed E-state index contributed by atoms with van der Waals surface area (Å²) in [5, 5.41) is 2.94. The topological polar surface area (TPSA) is 61.9 Å². The first-order valence-electron chi connectivity index (χ1n) is 10.3. The van der Waals surface area contributed by atoms with Crippen molar-refractivity contribution in [2.24, 2.45) is 0 Å². The van der Waals surface area contributed by atoms with E-state index in [1.165, 1.54) is 18.9 Å². The summed E-state index contributed by atoms with van der Waals surface area (Å²) in [7, 11) is 1.35. The van der Waals surface area contributed by atoms with Gasteiger partial charge in [-0.3, -0.25) is 4.79 Å². The average Bonchev–Trinajstić information content (AvgIpc) is 2.79. The van der Waals surface area contributed by atoms with E-state index >= 15 is 0 Å². The molecule has 0 radical (unpaired) electrons. The molecule has 2 aromatic carbocycles. The smallest absolute Gasteiger partial charge is 0.337 e. The van der Waals surface area contributed by atoms with Gasteiger partial charge in [0.1, 0.15) is 0 Å². The number of esters is 1. The van der Waals surface area contributed by atoms with Crippen molar-refractivity contribution in [1.29, 1.82) is 0 Å². The standard InChI is InChI=1S/C24H29N3O3/c1-4-26-13-15-27(16-14-26)21-10-11-22(18(2)17-21)25-23(28)12-7-19-5-8-20(9-6-19)24(29)30-3/h5-12,17H,4,13-16H2,1-3H3,(H,25,28)/b12-7+. The number of carbonyl (C=O) groups is 2. The summed E-state index contributed by atoms with van der Waals surface area (Å²) in [5.74, 6) is -0.575. The molecule has 0 atom stereocenters. The second-order valence-corrected chi connectivity index (χ2v) is 7.36. The van der Waals surface area contributed by atoms with Crippen LogP contribution < -0.4 is 10.2 Å². The monoisotopic (exact) mass is 407 g/mol. The number of amides is 1. The van der Waals surface area contributed by atoms with Crippen LogP contribution in [0.3, 0.4) is 0 Å². The third-order valence-corrected chi connectivity index (χ3v) is 5.41. The molecule has 0 unspecified atom stereocenters. The van der Waals surface area contributed by atoms with Crippen molar-refractivity contribution in [3.8, 4) is 0 Å². The van der Waals surface area contributed by atoms with Crippen LogP contribution >= 0.6 is 0 Å². The summed E-state index contributed by atoms with van der Waals surface area (Å²) < 4.78 is 4.68. The second kappa shape index (κ2) is 10.1. The Balaban J connectivity index is 1.58. The van der Waals surface area contributed by atoms with Crippen LogP contribution in [0.1, 0.15) is 28.4 Å². The lowest BCUT2D eigenvalue weighted by Gasteiger charge is -2.35. The van der Waals surface area contributed by atoms with Crippen LogP contribution in [-0.4, -0.2) is 56.6 Å². The minimum Gasteiger partial charge on any atom is -0.465 e. The van der Waals surface area contributed by atoms with Crippen LogP contribution in [0.5, 0.6) is 0 Å². The summed E-state index contributed by atoms with van der Waals surface area (Å²) in [4.78, 5) is 28.6. The highest BCUT2D eigenvalue weighted by Crippen LogP contribution is 2.24. The molecule has 3 rings (SSSR count). The van der Waals surface area contributed by atoms with E-state index in [0.29, 0.717) is 5.56 Å². The third kappa shape index (κ3) is 5.48. The lowest BCUT2D eigenvalue weighted by Crippen LogP contribution is -2.46. The fourth-order valence-corrected chi connectivity index (χ4v) is 3.50. The Morgan fingerprint density at radius 1 is 1.07 bits per heavy atom. The normalized spacial score (nSPS) is 14.7. The molecule has 1 N–H and O–H groups in total. The molecule has 0 spiro atoms. The van der Waals surface area contributed by atoms with Crippen molar-refractivity contribution in [3.05, 3.63) is 65.2 Å². The van der Waals surface area contributed by atoms with Gasteiger partial charge >= 0.3 is 5.97 Å². The molecule has 1 saturated heterocycles. The van der Waals surface area contributed by atoms with Crippen LogP contribution in [-0.2, 0) is 9.53 Å². The number of piperazine rings is 1. The van der Waals surface area contributed by atoms with E-state index in [9.17, 15) is 9.59 Å². The van der Waals surface area contributed by atoms with Crippen molar-refractivity contribution in [2.45, 2.75) is 13.8 Å². The number of hydrogen-bond acceptors (Lipinski definition) is 5. The van der Waals surface area contributed by atoms with E-state index < -0.39 is 0 Å². The van der Waals surface area contributed by atoms with E-state index in [1.807, 2.05) is 13.0 Å². The summed E-state index contributed by atoms with van der Waals surface area (Å²) >= 11 is 0. The Morgan fingerprint density at radius 3 is 2.37 bits per heavy atom. The predicted molar refractivity (Wildman–Crippen MR) is 121 cm³/mol. The first-order chi connectivity index (χ1) is 14.5. The molecule has 1 aliphatic heterocycles. The molecule has 6 nitrogen and oxygen atoms in total. The molecule has 6 heteroatoms. The number of carbonyl (C=O) groups excluding carboxylic acids is 2. The average molecular weight is 408 g/mol. The number of methoxy groups -OCH3 is 1. The van der Waals surface area contributed by atoms with E-state index in [0.717, 1.165) is 49.5 Å². The Bertz CT molecular complexity index is 914. The number of ether oxygens (including phenoxy) is 1. The van der Waals surface area contributed by atoms with Crippen LogP contribution in [0.4, 0.5) is 11.4 Å². The Labute approximate surface area is 178 Å². The molecule has 1 heterocycles. The maximum Gasteiger partial charge on any atom is 0.337 e. The Morgan fingerprint density at radius 2 is 1.77 bits per heavy atom. The fraction of sp³-hybridized carbons (Fsp3) is 0.333. The van der Waals surface area contributed by atoms with Crippen molar-refractivity contribution < 1.29 is 14.3 Å². The first kappa shape index (κ1) is 21.6. The number of nitrogens with zero attached hydrogens (tertiary/aromatic N) is 2. The molecule has 1 amide bonds. The highest BCUT2D eigenvalue weighted by molar-refractivity contribution is 6.02. The van der Waals surface area contributed by atoms with Gasteiger partial charge < -0.3 is 19.9 Å². The van der Waals surface area contributed by atoms with Gasteiger partial charge in [0.15, 0.2) is 0 Å². The van der Waals surface area contributed by atoms with Gasteiger partial charge in [-0.1, -0.05) is 19.1 Å². The van der Waals surface area contributed by atoms with Crippen LogP contribution in [0.15, 0.2) is 48.5 Å². The van der Waals surface area contributed by atoms with E-state index in [-0.39, 0.29) is 11.9 Å². The Hall–Kier alpha value is -3.12. The number of hydrogen-bond donors (Lipinski definition) is 1. The van der Waals surface area contributed by atoms with Gasteiger partial charge in [-0.2, -0.15) is 0 Å². The van der Waals surface area contributed by atoms with Gasteiger partial charge in [0.05, 0.1) is 12.7 Å². The minimum absolute atomic E-state index is 0.195. The minimum atomic E-state index is -0.380. The number of likely N-dealkylation sites (N-methyl/N-ethyl adjacent to an activating group) is 1. The fourth-order valence-electron chi connectivity index (χ4n) is 3.50. The van der Waals surface area contributed by atoms with Crippen molar-refractivity contribution >= 4 is 29.3 Å². The van der Waals surface area contributed by atoms with Gasteiger partial charge in [0.2, 0.25) is 5.91 Å². The molecule has 0 aromatic heterocycles. The van der Waals surface area contributed by atoms with Gasteiger partial charge in [0, 0.05) is 43.6 Å². The number of benzene rings is 2. The Kier molecular flexibility index (Phi) is 7.25. The van der Waals surface area contributed by atoms with E-state index in [1.54, 1.807) is 30.3 Å². The highest BCUT2D eigenvalue weighted by atomic mass is 16.5. The van der Waals surface area contributed by atoms with Crippen LogP contribution in [0.2, 0.25) is 0 Å². The largest absolute Gasteiger partial charge is 0.465 e. The summed E-state index contributed by atoms with van der Waals surface area (Å²) in [6, 6.07) is 13.1. The van der Waals surface area contributed by atoms with Gasteiger partial charge in [-0.05, 0) is 61.0 Å². The van der Waals surface area contributed by atoms with Crippen molar-refractivity contribution in [3.63, 3.8) is 0 Å². The van der Waals surface area contributed by atoms with Gasteiger partial charge in [0.25, 0.3) is 0 Å². The maximum atomic E-state index is 12.3. The summed E-state index contributed by atoms with van der Waals surface area (Å²) in [6.07, 6.45) is 3.21. The molecular formula is C24H29N3O3. The molecule has 0 aliphatic carbocycles. The lowest BCUT2D eigenvalue weighted by molar-refractivity contribution is -0.111.